The maximum Gasteiger partial charge on any atom is 0.319 e. The average Bonchev–Trinajstić information content (AvgIpc) is 2.84. The summed E-state index contributed by atoms with van der Waals surface area (Å²) in [5.74, 6) is -0.900. The van der Waals surface area contributed by atoms with Crippen molar-refractivity contribution in [2.45, 2.75) is 31.8 Å². The maximum atomic E-state index is 11.9. The summed E-state index contributed by atoms with van der Waals surface area (Å²) in [4.78, 5) is 22.5. The third-order valence-electron chi connectivity index (χ3n) is 3.46. The molecule has 0 spiro atoms. The first kappa shape index (κ1) is 15.3. The number of amides is 2. The molecule has 1 aliphatic heterocycles. The molecule has 2 rings (SSSR count). The lowest BCUT2D eigenvalue weighted by atomic mass is 10.0. The molecule has 6 heteroatoms. The summed E-state index contributed by atoms with van der Waals surface area (Å²) in [6, 6.07) is 6.49. The summed E-state index contributed by atoms with van der Waals surface area (Å²) in [5.41, 5.74) is 0.929. The van der Waals surface area contributed by atoms with E-state index in [1.807, 2.05) is 6.92 Å². The Hall–Kier alpha value is -2.08. The largest absolute Gasteiger partial charge is 0.481 e. The molecule has 1 saturated heterocycles. The van der Waals surface area contributed by atoms with Gasteiger partial charge in [-0.1, -0.05) is 12.1 Å². The minimum atomic E-state index is -0.900. The van der Waals surface area contributed by atoms with Gasteiger partial charge in [0.15, 0.2) is 0 Å². The molecule has 0 aromatic heterocycles. The third-order valence-corrected chi connectivity index (χ3v) is 3.46. The van der Waals surface area contributed by atoms with Crippen molar-refractivity contribution in [3.63, 3.8) is 0 Å². The zero-order chi connectivity index (χ0) is 15.3. The first-order valence-corrected chi connectivity index (χ1v) is 6.96. The van der Waals surface area contributed by atoms with Gasteiger partial charge >= 0.3 is 12.0 Å². The van der Waals surface area contributed by atoms with Crippen molar-refractivity contribution in [1.29, 1.82) is 0 Å². The number of carboxylic acids is 1. The molecule has 0 radical (unpaired) electrons. The van der Waals surface area contributed by atoms with Crippen LogP contribution in [0.4, 0.5) is 10.5 Å². The second-order valence-corrected chi connectivity index (χ2v) is 5.48. The first-order chi connectivity index (χ1) is 9.97. The molecule has 3 N–H and O–H groups in total. The lowest BCUT2D eigenvalue weighted by molar-refractivity contribution is -0.136. The predicted octanol–water partition coefficient (Wildman–Crippen LogP) is 2.00. The van der Waals surface area contributed by atoms with Gasteiger partial charge in [-0.25, -0.2) is 4.79 Å². The highest BCUT2D eigenvalue weighted by Gasteiger charge is 2.29. The van der Waals surface area contributed by atoms with Crippen molar-refractivity contribution < 1.29 is 19.4 Å². The van der Waals surface area contributed by atoms with Crippen LogP contribution in [0.1, 0.15) is 25.3 Å². The Bertz CT molecular complexity index is 524. The second kappa shape index (κ2) is 6.58. The van der Waals surface area contributed by atoms with E-state index in [0.29, 0.717) is 17.8 Å². The SMILES string of the molecule is CC1(CNC(=O)Nc2cccc(CC(=O)O)c2)CCCO1. The van der Waals surface area contributed by atoms with Crippen LogP contribution in [0.5, 0.6) is 0 Å². The fraction of sp³-hybridized carbons (Fsp3) is 0.467. The number of hydrogen-bond acceptors (Lipinski definition) is 3. The summed E-state index contributed by atoms with van der Waals surface area (Å²) in [7, 11) is 0. The zero-order valence-electron chi connectivity index (χ0n) is 12.0. The second-order valence-electron chi connectivity index (χ2n) is 5.48. The number of carbonyl (C=O) groups is 2. The summed E-state index contributed by atoms with van der Waals surface area (Å²) in [6.07, 6.45) is 1.88. The molecule has 2 amide bonds. The number of ether oxygens (including phenoxy) is 1. The van der Waals surface area contributed by atoms with Crippen LogP contribution in [0, 0.1) is 0 Å². The molecule has 1 aliphatic rings. The summed E-state index contributed by atoms with van der Waals surface area (Å²) < 4.78 is 5.60. The maximum absolute atomic E-state index is 11.9. The van der Waals surface area contributed by atoms with Gasteiger partial charge in [0.1, 0.15) is 0 Å². The summed E-state index contributed by atoms with van der Waals surface area (Å²) in [5, 5.41) is 14.2. The zero-order valence-corrected chi connectivity index (χ0v) is 12.0. The first-order valence-electron chi connectivity index (χ1n) is 6.96. The number of rotatable bonds is 5. The Balaban J connectivity index is 1.86. The van der Waals surface area contributed by atoms with Crippen LogP contribution < -0.4 is 10.6 Å². The molecule has 6 nitrogen and oxygen atoms in total. The number of benzene rings is 1. The van der Waals surface area contributed by atoms with Crippen LogP contribution in [0.2, 0.25) is 0 Å². The van der Waals surface area contributed by atoms with Gasteiger partial charge in [0.2, 0.25) is 0 Å². The normalized spacial score (nSPS) is 21.0. The van der Waals surface area contributed by atoms with E-state index in [1.165, 1.54) is 0 Å². The highest BCUT2D eigenvalue weighted by atomic mass is 16.5. The number of carboxylic acid groups (broad SMARTS) is 1. The Labute approximate surface area is 123 Å². The highest BCUT2D eigenvalue weighted by molar-refractivity contribution is 5.89. The van der Waals surface area contributed by atoms with Crippen LogP contribution >= 0.6 is 0 Å². The van der Waals surface area contributed by atoms with E-state index >= 15 is 0 Å². The number of carbonyl (C=O) groups excluding carboxylic acids is 1. The monoisotopic (exact) mass is 292 g/mol. The highest BCUT2D eigenvalue weighted by Crippen LogP contribution is 2.23. The van der Waals surface area contributed by atoms with Gasteiger partial charge in [-0.2, -0.15) is 0 Å². The van der Waals surface area contributed by atoms with Crippen molar-refractivity contribution in [1.82, 2.24) is 5.32 Å². The van der Waals surface area contributed by atoms with Crippen molar-refractivity contribution in [2.24, 2.45) is 0 Å². The minimum Gasteiger partial charge on any atom is -0.481 e. The summed E-state index contributed by atoms with van der Waals surface area (Å²) >= 11 is 0. The number of aliphatic carboxylic acids is 1. The van der Waals surface area contributed by atoms with Gasteiger partial charge in [0, 0.05) is 18.8 Å². The molecule has 1 atom stereocenters. The van der Waals surface area contributed by atoms with Crippen molar-refractivity contribution in [3.05, 3.63) is 29.8 Å². The molecule has 0 aliphatic carbocycles. The van der Waals surface area contributed by atoms with Crippen molar-refractivity contribution in [2.75, 3.05) is 18.5 Å². The number of anilines is 1. The fourth-order valence-electron chi connectivity index (χ4n) is 2.35. The van der Waals surface area contributed by atoms with Crippen LogP contribution in [0.25, 0.3) is 0 Å². The molecule has 1 unspecified atom stereocenters. The van der Waals surface area contributed by atoms with Crippen LogP contribution in [-0.2, 0) is 16.0 Å². The molecular weight excluding hydrogens is 272 g/mol. The Morgan fingerprint density at radius 1 is 1.43 bits per heavy atom. The van der Waals surface area contributed by atoms with Crippen LogP contribution in [-0.4, -0.2) is 35.9 Å². The Kier molecular flexibility index (Phi) is 4.80. The predicted molar refractivity (Wildman–Crippen MR) is 78.4 cm³/mol. The van der Waals surface area contributed by atoms with Crippen LogP contribution in [0.15, 0.2) is 24.3 Å². The third kappa shape index (κ3) is 4.75. The van der Waals surface area contributed by atoms with Gasteiger partial charge < -0.3 is 20.5 Å². The van der Waals surface area contributed by atoms with E-state index in [9.17, 15) is 9.59 Å². The van der Waals surface area contributed by atoms with E-state index < -0.39 is 5.97 Å². The van der Waals surface area contributed by atoms with E-state index in [2.05, 4.69) is 10.6 Å². The minimum absolute atomic E-state index is 0.0664. The molecule has 1 aromatic carbocycles. The average molecular weight is 292 g/mol. The van der Waals surface area contributed by atoms with Crippen molar-refractivity contribution >= 4 is 17.7 Å². The molecule has 1 aromatic rings. The van der Waals surface area contributed by atoms with E-state index in [4.69, 9.17) is 9.84 Å². The molecule has 114 valence electrons. The summed E-state index contributed by atoms with van der Waals surface area (Å²) in [6.45, 7) is 3.17. The molecule has 0 bridgehead atoms. The van der Waals surface area contributed by atoms with Crippen molar-refractivity contribution in [3.8, 4) is 0 Å². The van der Waals surface area contributed by atoms with Gasteiger partial charge in [-0.15, -0.1) is 0 Å². The topological polar surface area (TPSA) is 87.7 Å². The molecule has 21 heavy (non-hydrogen) atoms. The van der Waals surface area contributed by atoms with Crippen LogP contribution in [0.3, 0.4) is 0 Å². The molecular formula is C15H20N2O4. The van der Waals surface area contributed by atoms with E-state index in [1.54, 1.807) is 24.3 Å². The fourth-order valence-corrected chi connectivity index (χ4v) is 2.35. The lowest BCUT2D eigenvalue weighted by Crippen LogP contribution is -2.41. The standard InChI is InChI=1S/C15H20N2O4/c1-15(6-3-7-21-15)10-16-14(20)17-12-5-2-4-11(8-12)9-13(18)19/h2,4-5,8H,3,6-7,9-10H2,1H3,(H,18,19)(H2,16,17,20). The smallest absolute Gasteiger partial charge is 0.319 e. The Morgan fingerprint density at radius 3 is 2.90 bits per heavy atom. The molecule has 1 heterocycles. The number of hydrogen-bond donors (Lipinski definition) is 3. The number of urea groups is 1. The lowest BCUT2D eigenvalue weighted by Gasteiger charge is -2.23. The van der Waals surface area contributed by atoms with E-state index in [0.717, 1.165) is 19.4 Å². The van der Waals surface area contributed by atoms with Gasteiger partial charge in [0.05, 0.1) is 12.0 Å². The Morgan fingerprint density at radius 2 is 2.24 bits per heavy atom. The molecule has 0 saturated carbocycles. The number of nitrogens with one attached hydrogen (secondary N) is 2. The van der Waals surface area contributed by atoms with Gasteiger partial charge in [-0.05, 0) is 37.5 Å². The molecule has 1 fully saturated rings. The van der Waals surface area contributed by atoms with Gasteiger partial charge in [0.25, 0.3) is 0 Å². The van der Waals surface area contributed by atoms with Gasteiger partial charge in [-0.3, -0.25) is 4.79 Å². The van der Waals surface area contributed by atoms with E-state index in [-0.39, 0.29) is 18.1 Å². The quantitative estimate of drug-likeness (QED) is 0.774.